The van der Waals surface area contributed by atoms with Crippen molar-refractivity contribution < 1.29 is 22.1 Å². The molecule has 0 aliphatic rings. The Labute approximate surface area is 220 Å². The fourth-order valence-electron chi connectivity index (χ4n) is 3.06. The second-order valence-corrected chi connectivity index (χ2v) is 10.7. The summed E-state index contributed by atoms with van der Waals surface area (Å²) in [5.74, 6) is -0.710. The molecule has 0 aromatic heterocycles. The molecule has 1 amide bonds. The van der Waals surface area contributed by atoms with E-state index < -0.39 is 16.0 Å². The van der Waals surface area contributed by atoms with Crippen molar-refractivity contribution >= 4 is 59.6 Å². The molecule has 3 rings (SSSR count). The second kappa shape index (κ2) is 11.1. The first-order chi connectivity index (χ1) is 16.6. The van der Waals surface area contributed by atoms with Gasteiger partial charge in [0, 0.05) is 14.5 Å². The van der Waals surface area contributed by atoms with Crippen LogP contribution in [0.25, 0.3) is 6.08 Å². The van der Waals surface area contributed by atoms with Crippen LogP contribution in [0.1, 0.15) is 16.7 Å². The molecule has 0 saturated heterocycles. The lowest BCUT2D eigenvalue weighted by molar-refractivity contribution is -0.112. The van der Waals surface area contributed by atoms with Crippen LogP contribution >= 0.6 is 31.9 Å². The van der Waals surface area contributed by atoms with Crippen LogP contribution < -0.4 is 14.2 Å². The van der Waals surface area contributed by atoms with E-state index in [0.717, 1.165) is 11.1 Å². The molecule has 0 heterocycles. The average molecular weight is 620 g/mol. The Kier molecular flexibility index (Phi) is 8.38. The Hall–Kier alpha value is -3.13. The number of hydrogen-bond acceptors (Lipinski definition) is 6. The normalized spacial score (nSPS) is 11.5. The molecule has 1 N–H and O–H groups in total. The van der Waals surface area contributed by atoms with Gasteiger partial charge >= 0.3 is 10.1 Å². The van der Waals surface area contributed by atoms with Gasteiger partial charge in [0.15, 0.2) is 11.5 Å². The van der Waals surface area contributed by atoms with Crippen molar-refractivity contribution in [2.24, 2.45) is 0 Å². The Morgan fingerprint density at radius 1 is 1.03 bits per heavy atom. The van der Waals surface area contributed by atoms with Crippen molar-refractivity contribution in [2.45, 2.75) is 18.7 Å². The summed E-state index contributed by atoms with van der Waals surface area (Å²) in [6.45, 7) is 3.74. The van der Waals surface area contributed by atoms with Gasteiger partial charge in [-0.15, -0.1) is 0 Å². The number of benzene rings is 3. The van der Waals surface area contributed by atoms with E-state index in [9.17, 15) is 18.5 Å². The zero-order valence-corrected chi connectivity index (χ0v) is 22.9. The van der Waals surface area contributed by atoms with Crippen molar-refractivity contribution in [3.63, 3.8) is 0 Å². The lowest BCUT2D eigenvalue weighted by Crippen LogP contribution is -2.15. The molecular weight excluding hydrogens is 600 g/mol. The summed E-state index contributed by atoms with van der Waals surface area (Å²) in [4.78, 5) is 12.9. The largest absolute Gasteiger partial charge is 0.493 e. The monoisotopic (exact) mass is 618 g/mol. The van der Waals surface area contributed by atoms with E-state index >= 15 is 0 Å². The minimum atomic E-state index is -4.22. The number of carbonyl (C=O) groups excluding carboxylic acids is 1. The van der Waals surface area contributed by atoms with E-state index in [1.54, 1.807) is 18.2 Å². The maximum Gasteiger partial charge on any atom is 0.339 e. The van der Waals surface area contributed by atoms with Gasteiger partial charge in [0.2, 0.25) is 0 Å². The number of nitriles is 1. The summed E-state index contributed by atoms with van der Waals surface area (Å²) >= 11 is 6.81. The summed E-state index contributed by atoms with van der Waals surface area (Å²) < 4.78 is 37.8. The number of halogens is 2. The van der Waals surface area contributed by atoms with Crippen LogP contribution in [0.5, 0.6) is 11.5 Å². The smallest absolute Gasteiger partial charge is 0.339 e. The van der Waals surface area contributed by atoms with Gasteiger partial charge in [-0.1, -0.05) is 29.8 Å². The second-order valence-electron chi connectivity index (χ2n) is 7.46. The molecule has 0 bridgehead atoms. The van der Waals surface area contributed by atoms with Crippen molar-refractivity contribution in [1.29, 1.82) is 5.26 Å². The number of rotatable bonds is 7. The van der Waals surface area contributed by atoms with Gasteiger partial charge in [-0.3, -0.25) is 4.79 Å². The lowest BCUT2D eigenvalue weighted by atomic mass is 10.1. The Morgan fingerprint density at radius 2 is 1.66 bits per heavy atom. The third kappa shape index (κ3) is 6.31. The number of anilines is 1. The summed E-state index contributed by atoms with van der Waals surface area (Å²) in [7, 11) is -2.86. The molecule has 3 aromatic rings. The van der Waals surface area contributed by atoms with Gasteiger partial charge in [0.25, 0.3) is 5.91 Å². The third-order valence-corrected chi connectivity index (χ3v) is 7.31. The van der Waals surface area contributed by atoms with Crippen molar-refractivity contribution in [1.82, 2.24) is 0 Å². The zero-order chi connectivity index (χ0) is 25.8. The highest BCUT2D eigenvalue weighted by Gasteiger charge is 2.22. The Morgan fingerprint density at radius 3 is 2.23 bits per heavy atom. The molecule has 0 spiro atoms. The number of para-hydroxylation sites is 1. The maximum absolute atomic E-state index is 12.9. The fourth-order valence-corrected chi connectivity index (χ4v) is 5.64. The first-order valence-corrected chi connectivity index (χ1v) is 13.1. The first kappa shape index (κ1) is 26.5. The summed E-state index contributed by atoms with van der Waals surface area (Å²) in [5.41, 5.74) is 2.21. The topological polar surface area (TPSA) is 105 Å². The van der Waals surface area contributed by atoms with Crippen LogP contribution in [0, 0.1) is 25.2 Å². The predicted molar refractivity (Wildman–Crippen MR) is 141 cm³/mol. The van der Waals surface area contributed by atoms with Crippen molar-refractivity contribution in [3.8, 4) is 17.6 Å². The van der Waals surface area contributed by atoms with Crippen molar-refractivity contribution in [2.75, 3.05) is 12.4 Å². The minimum absolute atomic E-state index is 0.0451. The lowest BCUT2D eigenvalue weighted by Gasteiger charge is -2.14. The number of methoxy groups -OCH3 is 1. The molecule has 180 valence electrons. The number of amides is 1. The number of carbonyl (C=O) groups is 1. The molecule has 10 heteroatoms. The van der Waals surface area contributed by atoms with Crippen LogP contribution in [-0.4, -0.2) is 21.4 Å². The number of ether oxygens (including phenoxy) is 1. The first-order valence-electron chi connectivity index (χ1n) is 10.1. The van der Waals surface area contributed by atoms with Gasteiger partial charge in [-0.2, -0.15) is 13.7 Å². The number of nitrogens with one attached hydrogen (secondary N) is 1. The Balaban J connectivity index is 2.01. The highest BCUT2D eigenvalue weighted by Crippen LogP contribution is 2.36. The van der Waals surface area contributed by atoms with Gasteiger partial charge in [-0.25, -0.2) is 0 Å². The number of aryl methyl sites for hydroxylation is 2. The molecule has 7 nitrogen and oxygen atoms in total. The molecule has 3 aromatic carbocycles. The minimum Gasteiger partial charge on any atom is -0.493 e. The quantitative estimate of drug-likeness (QED) is 0.193. The molecule has 35 heavy (non-hydrogen) atoms. The van der Waals surface area contributed by atoms with E-state index in [2.05, 4.69) is 37.2 Å². The van der Waals surface area contributed by atoms with Gasteiger partial charge in [-0.05, 0) is 87.7 Å². The molecule has 0 unspecified atom stereocenters. The Bertz CT molecular complexity index is 1440. The van der Waals surface area contributed by atoms with E-state index in [1.165, 1.54) is 37.5 Å². The summed E-state index contributed by atoms with van der Waals surface area (Å²) in [5, 5.41) is 12.4. The van der Waals surface area contributed by atoms with E-state index in [1.807, 2.05) is 32.0 Å². The van der Waals surface area contributed by atoms with Crippen LogP contribution in [0.15, 0.2) is 74.0 Å². The van der Waals surface area contributed by atoms with Crippen LogP contribution in [0.2, 0.25) is 0 Å². The molecule has 0 aliphatic carbocycles. The average Bonchev–Trinajstić information content (AvgIpc) is 2.80. The maximum atomic E-state index is 12.9. The highest BCUT2D eigenvalue weighted by atomic mass is 79.9. The molecule has 0 aliphatic heterocycles. The molecule has 0 saturated carbocycles. The van der Waals surface area contributed by atoms with Crippen LogP contribution in [-0.2, 0) is 14.9 Å². The SMILES string of the molecule is COc1cccc(/C=C(\C#N)C(=O)Nc2c(Br)cc(C)cc2Br)c1OS(=O)(=O)c1ccc(C)cc1. The third-order valence-electron chi connectivity index (χ3n) is 4.82. The predicted octanol–water partition coefficient (Wildman–Crippen LogP) is 6.15. The fraction of sp³-hybridized carbons (Fsp3) is 0.120. The summed E-state index contributed by atoms with van der Waals surface area (Å²) in [6.07, 6.45) is 1.24. The molecule has 0 fully saturated rings. The number of hydrogen-bond donors (Lipinski definition) is 1. The highest BCUT2D eigenvalue weighted by molar-refractivity contribution is 9.11. The molecular formula is C25H20Br2N2O5S. The standard InChI is InChI=1S/C25H20Br2N2O5S/c1-15-7-9-19(10-8-15)35(31,32)34-24-17(5-4-6-22(24)33-3)13-18(14-28)25(30)29-23-20(26)11-16(2)12-21(23)27/h4-13H,1-3H3,(H,29,30)/b18-13+. The van der Waals surface area contributed by atoms with Gasteiger partial charge in [0.05, 0.1) is 12.8 Å². The zero-order valence-electron chi connectivity index (χ0n) is 18.9. The number of nitrogens with zero attached hydrogens (tertiary/aromatic N) is 1. The van der Waals surface area contributed by atoms with E-state index in [-0.39, 0.29) is 27.5 Å². The molecule has 0 atom stereocenters. The van der Waals surface area contributed by atoms with E-state index in [0.29, 0.717) is 14.6 Å². The van der Waals surface area contributed by atoms with Gasteiger partial charge in [0.1, 0.15) is 16.5 Å². The van der Waals surface area contributed by atoms with E-state index in [4.69, 9.17) is 8.92 Å². The summed E-state index contributed by atoms with van der Waals surface area (Å²) in [6, 6.07) is 16.3. The van der Waals surface area contributed by atoms with Crippen LogP contribution in [0.3, 0.4) is 0 Å². The molecule has 0 radical (unpaired) electrons. The van der Waals surface area contributed by atoms with Gasteiger partial charge < -0.3 is 14.2 Å². The van der Waals surface area contributed by atoms with Crippen molar-refractivity contribution in [3.05, 3.63) is 85.8 Å². The van der Waals surface area contributed by atoms with Crippen LogP contribution in [0.4, 0.5) is 5.69 Å².